The molecule has 0 bridgehead atoms. The molecular weight excluding hydrogens is 226 g/mol. The van der Waals surface area contributed by atoms with Crippen molar-refractivity contribution in [3.8, 4) is 11.5 Å². The normalized spacial score (nSPS) is 11.7. The maximum Gasteiger partial charge on any atom is 0.280 e. The molecule has 7 heteroatoms. The van der Waals surface area contributed by atoms with Crippen molar-refractivity contribution in [3.63, 3.8) is 0 Å². The van der Waals surface area contributed by atoms with E-state index in [0.29, 0.717) is 0 Å². The lowest BCUT2D eigenvalue weighted by Gasteiger charge is -2.08. The number of methoxy groups -OCH3 is 1. The molecule has 0 fully saturated rings. The summed E-state index contributed by atoms with van der Waals surface area (Å²) in [4.78, 5) is 26.4. The Kier molecular flexibility index (Phi) is 4.00. The lowest BCUT2D eigenvalue weighted by molar-refractivity contribution is -0.121. The van der Waals surface area contributed by atoms with Crippen molar-refractivity contribution >= 4 is 11.8 Å². The van der Waals surface area contributed by atoms with Gasteiger partial charge in [-0.15, -0.1) is 0 Å². The molecule has 2 amide bonds. The second-order valence-electron chi connectivity index (χ2n) is 3.32. The number of hydrogen-bond acceptors (Lipinski definition) is 6. The maximum absolute atomic E-state index is 11.6. The predicted molar refractivity (Wildman–Crippen MR) is 58.6 cm³/mol. The van der Waals surface area contributed by atoms with E-state index in [-0.39, 0.29) is 11.4 Å². The van der Waals surface area contributed by atoms with Crippen LogP contribution in [0.15, 0.2) is 12.3 Å². The Morgan fingerprint density at radius 3 is 2.76 bits per heavy atom. The molecular formula is C10H13N3O4. The molecule has 92 valence electrons. The van der Waals surface area contributed by atoms with Gasteiger partial charge in [-0.05, 0) is 6.92 Å². The first-order chi connectivity index (χ1) is 7.97. The summed E-state index contributed by atoms with van der Waals surface area (Å²) < 4.78 is 4.81. The monoisotopic (exact) mass is 239 g/mol. The van der Waals surface area contributed by atoms with Gasteiger partial charge in [-0.2, -0.15) is 0 Å². The summed E-state index contributed by atoms with van der Waals surface area (Å²) in [5, 5.41) is 11.6. The lowest BCUT2D eigenvalue weighted by atomic mass is 10.2. The van der Waals surface area contributed by atoms with Gasteiger partial charge in [0.25, 0.3) is 5.91 Å². The molecule has 1 aromatic heterocycles. The molecule has 0 saturated heterocycles. The minimum Gasteiger partial charge on any atom is -0.503 e. The molecule has 0 unspecified atom stereocenters. The fraction of sp³-hybridized carbons (Fsp3) is 0.300. The van der Waals surface area contributed by atoms with Gasteiger partial charge >= 0.3 is 0 Å². The van der Waals surface area contributed by atoms with E-state index in [9.17, 15) is 14.7 Å². The average molecular weight is 239 g/mol. The van der Waals surface area contributed by atoms with Gasteiger partial charge in [0.1, 0.15) is 0 Å². The molecule has 0 radical (unpaired) electrons. The van der Waals surface area contributed by atoms with E-state index in [1.54, 1.807) is 0 Å². The highest BCUT2D eigenvalue weighted by Gasteiger charge is 2.19. The topological polar surface area (TPSA) is 115 Å². The van der Waals surface area contributed by atoms with Gasteiger partial charge in [0.15, 0.2) is 17.2 Å². The van der Waals surface area contributed by atoms with Crippen molar-refractivity contribution in [2.24, 2.45) is 5.73 Å². The second kappa shape index (κ2) is 5.26. The summed E-state index contributed by atoms with van der Waals surface area (Å²) in [5.74, 6) is -1.81. The number of hydrogen-bond donors (Lipinski definition) is 3. The highest BCUT2D eigenvalue weighted by atomic mass is 16.5. The molecule has 0 saturated carbocycles. The summed E-state index contributed by atoms with van der Waals surface area (Å²) >= 11 is 0. The zero-order chi connectivity index (χ0) is 13.0. The number of carbonyl (C=O) groups excluding carboxylic acids is 2. The van der Waals surface area contributed by atoms with Crippen LogP contribution in [0.1, 0.15) is 17.4 Å². The van der Waals surface area contributed by atoms with Gasteiger partial charge < -0.3 is 15.6 Å². The van der Waals surface area contributed by atoms with Crippen LogP contribution in [0.3, 0.4) is 0 Å². The van der Waals surface area contributed by atoms with E-state index >= 15 is 0 Å². The highest BCUT2D eigenvalue weighted by Crippen LogP contribution is 2.27. The number of imide groups is 1. The van der Waals surface area contributed by atoms with Gasteiger partial charge in [-0.1, -0.05) is 0 Å². The van der Waals surface area contributed by atoms with E-state index in [0.717, 1.165) is 0 Å². The summed E-state index contributed by atoms with van der Waals surface area (Å²) in [6.07, 6.45) is 1.28. The van der Waals surface area contributed by atoms with Crippen molar-refractivity contribution in [3.05, 3.63) is 18.0 Å². The third-order valence-electron chi connectivity index (χ3n) is 1.97. The van der Waals surface area contributed by atoms with Gasteiger partial charge in [-0.25, -0.2) is 4.98 Å². The zero-order valence-corrected chi connectivity index (χ0v) is 9.43. The quantitative estimate of drug-likeness (QED) is 0.648. The zero-order valence-electron chi connectivity index (χ0n) is 9.43. The fourth-order valence-electron chi connectivity index (χ4n) is 1.05. The summed E-state index contributed by atoms with van der Waals surface area (Å²) in [5.41, 5.74) is 4.99. The number of rotatable bonds is 3. The van der Waals surface area contributed by atoms with Crippen LogP contribution in [0.5, 0.6) is 11.5 Å². The number of pyridine rings is 1. The van der Waals surface area contributed by atoms with E-state index in [1.165, 1.54) is 26.3 Å². The molecule has 7 nitrogen and oxygen atoms in total. The number of amides is 2. The standard InChI is InChI=1S/C10H13N3O4/c1-5(11)9(15)13-10(16)7-8(14)6(17-2)3-4-12-7/h3-5,14H,11H2,1-2H3,(H,13,15,16)/t5-/m0/s1. The summed E-state index contributed by atoms with van der Waals surface area (Å²) in [6.45, 7) is 1.43. The highest BCUT2D eigenvalue weighted by molar-refractivity contribution is 6.06. The van der Waals surface area contributed by atoms with Crippen LogP contribution in [-0.4, -0.2) is 35.1 Å². The Morgan fingerprint density at radius 2 is 2.24 bits per heavy atom. The minimum atomic E-state index is -0.830. The molecule has 0 aliphatic carbocycles. The molecule has 1 heterocycles. The Labute approximate surface area is 97.6 Å². The van der Waals surface area contributed by atoms with Crippen LogP contribution in [0.25, 0.3) is 0 Å². The largest absolute Gasteiger partial charge is 0.503 e. The Morgan fingerprint density at radius 1 is 1.59 bits per heavy atom. The van der Waals surface area contributed by atoms with Crippen molar-refractivity contribution in [1.82, 2.24) is 10.3 Å². The van der Waals surface area contributed by atoms with Crippen LogP contribution in [-0.2, 0) is 4.79 Å². The Hall–Kier alpha value is -2.15. The Bertz CT molecular complexity index is 445. The average Bonchev–Trinajstić information content (AvgIpc) is 2.28. The Balaban J connectivity index is 2.93. The molecule has 0 spiro atoms. The van der Waals surface area contributed by atoms with E-state index in [4.69, 9.17) is 10.5 Å². The molecule has 4 N–H and O–H groups in total. The first kappa shape index (κ1) is 12.9. The van der Waals surface area contributed by atoms with Gasteiger partial charge in [-0.3, -0.25) is 14.9 Å². The third-order valence-corrected chi connectivity index (χ3v) is 1.97. The SMILES string of the molecule is COc1ccnc(C(=O)NC(=O)[C@H](C)N)c1O. The minimum absolute atomic E-state index is 0.0957. The second-order valence-corrected chi connectivity index (χ2v) is 3.32. The molecule has 0 aliphatic rings. The van der Waals surface area contributed by atoms with Gasteiger partial charge in [0.2, 0.25) is 5.91 Å². The fourth-order valence-corrected chi connectivity index (χ4v) is 1.05. The van der Waals surface area contributed by atoms with Crippen LogP contribution in [0, 0.1) is 0 Å². The van der Waals surface area contributed by atoms with Gasteiger partial charge in [0, 0.05) is 12.3 Å². The van der Waals surface area contributed by atoms with Crippen molar-refractivity contribution in [2.45, 2.75) is 13.0 Å². The van der Waals surface area contributed by atoms with E-state index in [2.05, 4.69) is 4.98 Å². The predicted octanol–water partition coefficient (Wildman–Crippen LogP) is -0.601. The van der Waals surface area contributed by atoms with E-state index < -0.39 is 23.6 Å². The number of nitrogens with one attached hydrogen (secondary N) is 1. The number of nitrogens with zero attached hydrogens (tertiary/aromatic N) is 1. The number of nitrogens with two attached hydrogens (primary N) is 1. The van der Waals surface area contributed by atoms with E-state index in [1.807, 2.05) is 5.32 Å². The van der Waals surface area contributed by atoms with Crippen LogP contribution < -0.4 is 15.8 Å². The summed E-state index contributed by atoms with van der Waals surface area (Å²) in [6, 6.07) is 0.561. The van der Waals surface area contributed by atoms with Crippen molar-refractivity contribution < 1.29 is 19.4 Å². The smallest absolute Gasteiger partial charge is 0.280 e. The van der Waals surface area contributed by atoms with Gasteiger partial charge in [0.05, 0.1) is 13.2 Å². The molecule has 0 aromatic carbocycles. The van der Waals surface area contributed by atoms with Crippen molar-refractivity contribution in [2.75, 3.05) is 7.11 Å². The van der Waals surface area contributed by atoms with Crippen LogP contribution in [0.2, 0.25) is 0 Å². The van der Waals surface area contributed by atoms with Crippen LogP contribution >= 0.6 is 0 Å². The molecule has 1 rings (SSSR count). The third kappa shape index (κ3) is 2.91. The number of ether oxygens (including phenoxy) is 1. The van der Waals surface area contributed by atoms with Crippen molar-refractivity contribution in [1.29, 1.82) is 0 Å². The molecule has 1 atom stereocenters. The number of aromatic nitrogens is 1. The molecule has 0 aliphatic heterocycles. The number of aromatic hydroxyl groups is 1. The molecule has 1 aromatic rings. The first-order valence-electron chi connectivity index (χ1n) is 4.80. The maximum atomic E-state index is 11.6. The first-order valence-corrected chi connectivity index (χ1v) is 4.80. The lowest BCUT2D eigenvalue weighted by Crippen LogP contribution is -2.41. The number of carbonyl (C=O) groups is 2. The summed E-state index contributed by atoms with van der Waals surface area (Å²) in [7, 11) is 1.34. The molecule has 17 heavy (non-hydrogen) atoms. The van der Waals surface area contributed by atoms with Crippen LogP contribution in [0.4, 0.5) is 0 Å².